The number of amides is 1. The summed E-state index contributed by atoms with van der Waals surface area (Å²) >= 11 is 1.50. The molecule has 0 unspecified atom stereocenters. The van der Waals surface area contributed by atoms with E-state index in [0.717, 1.165) is 36.0 Å². The molecule has 2 aromatic carbocycles. The first-order valence-corrected chi connectivity index (χ1v) is 11.3. The summed E-state index contributed by atoms with van der Waals surface area (Å²) in [5, 5.41) is 13.6. The summed E-state index contributed by atoms with van der Waals surface area (Å²) in [6, 6.07) is 14.5. The van der Waals surface area contributed by atoms with E-state index in [1.165, 1.54) is 22.3 Å². The maximum atomic E-state index is 12.8. The van der Waals surface area contributed by atoms with Gasteiger partial charge in [0.05, 0.1) is 10.9 Å². The van der Waals surface area contributed by atoms with E-state index in [9.17, 15) is 14.9 Å². The number of hydrogen-bond acceptors (Lipinski definition) is 5. The number of anilines is 1. The minimum absolute atomic E-state index is 0.0929. The van der Waals surface area contributed by atoms with Gasteiger partial charge in [0.2, 0.25) is 0 Å². The van der Waals surface area contributed by atoms with Crippen LogP contribution in [0.5, 0.6) is 0 Å². The number of rotatable bonds is 3. The zero-order valence-corrected chi connectivity index (χ0v) is 18.6. The standard InChI is InChI=1S/C26H20N2O3S/c1-14-10-15(2)24-19(11-14)21(29)12-22(31-24)16-6-8-17(9-7-16)25(30)28-26-20(13-27)18-4-3-5-23(18)32-26/h6-12H,3-5H2,1-2H3,(H,28,30). The van der Waals surface area contributed by atoms with Crippen molar-refractivity contribution in [3.8, 4) is 17.4 Å². The van der Waals surface area contributed by atoms with Crippen molar-refractivity contribution in [1.82, 2.24) is 0 Å². The van der Waals surface area contributed by atoms with Crippen molar-refractivity contribution in [3.05, 3.63) is 85.4 Å². The van der Waals surface area contributed by atoms with Gasteiger partial charge in [0.15, 0.2) is 5.43 Å². The number of hydrogen-bond donors (Lipinski definition) is 1. The maximum Gasteiger partial charge on any atom is 0.256 e. The molecule has 0 aliphatic heterocycles. The lowest BCUT2D eigenvalue weighted by Crippen LogP contribution is -2.11. The Labute approximate surface area is 188 Å². The second kappa shape index (κ2) is 7.77. The monoisotopic (exact) mass is 440 g/mol. The molecular formula is C26H20N2O3S. The van der Waals surface area contributed by atoms with Crippen molar-refractivity contribution in [1.29, 1.82) is 5.26 Å². The number of carbonyl (C=O) groups excluding carboxylic acids is 1. The minimum Gasteiger partial charge on any atom is -0.456 e. The Kier molecular flexibility index (Phi) is 4.91. The quantitative estimate of drug-likeness (QED) is 0.440. The van der Waals surface area contributed by atoms with Gasteiger partial charge in [0.1, 0.15) is 22.4 Å². The third-order valence-electron chi connectivity index (χ3n) is 5.85. The molecule has 2 heterocycles. The van der Waals surface area contributed by atoms with Gasteiger partial charge in [-0.1, -0.05) is 18.2 Å². The Balaban J connectivity index is 1.43. The van der Waals surface area contributed by atoms with E-state index < -0.39 is 0 Å². The molecule has 0 bridgehead atoms. The van der Waals surface area contributed by atoms with Crippen LogP contribution in [0.2, 0.25) is 0 Å². The summed E-state index contributed by atoms with van der Waals surface area (Å²) in [7, 11) is 0. The lowest BCUT2D eigenvalue weighted by Gasteiger charge is -2.08. The van der Waals surface area contributed by atoms with Crippen LogP contribution in [0.1, 0.15) is 43.9 Å². The molecule has 158 valence electrons. The first-order valence-electron chi connectivity index (χ1n) is 10.5. The second-order valence-electron chi connectivity index (χ2n) is 8.14. The first-order chi connectivity index (χ1) is 15.4. The molecule has 1 aliphatic rings. The molecule has 5 rings (SSSR count). The van der Waals surface area contributed by atoms with E-state index in [1.54, 1.807) is 24.3 Å². The summed E-state index contributed by atoms with van der Waals surface area (Å²) in [4.78, 5) is 26.6. The van der Waals surface area contributed by atoms with Crippen LogP contribution < -0.4 is 10.7 Å². The fourth-order valence-corrected chi connectivity index (χ4v) is 5.56. The summed E-state index contributed by atoms with van der Waals surface area (Å²) in [5.74, 6) is 0.196. The van der Waals surface area contributed by atoms with Gasteiger partial charge in [-0.15, -0.1) is 11.3 Å². The molecule has 0 saturated carbocycles. The molecule has 0 fully saturated rings. The number of nitrogens with one attached hydrogen (secondary N) is 1. The molecule has 0 atom stereocenters. The predicted molar refractivity (Wildman–Crippen MR) is 126 cm³/mol. The highest BCUT2D eigenvalue weighted by atomic mass is 32.1. The van der Waals surface area contributed by atoms with Gasteiger partial charge < -0.3 is 9.73 Å². The molecule has 1 aliphatic carbocycles. The van der Waals surface area contributed by atoms with Crippen molar-refractivity contribution < 1.29 is 9.21 Å². The maximum absolute atomic E-state index is 12.8. The van der Waals surface area contributed by atoms with Gasteiger partial charge in [-0.3, -0.25) is 9.59 Å². The Morgan fingerprint density at radius 1 is 1.12 bits per heavy atom. The fraction of sp³-hybridized carbons (Fsp3) is 0.192. The lowest BCUT2D eigenvalue weighted by atomic mass is 10.1. The number of fused-ring (bicyclic) bond motifs is 2. The van der Waals surface area contributed by atoms with Crippen LogP contribution in [-0.2, 0) is 12.8 Å². The summed E-state index contributed by atoms with van der Waals surface area (Å²) in [6.07, 6.45) is 2.93. The van der Waals surface area contributed by atoms with E-state index in [2.05, 4.69) is 11.4 Å². The zero-order valence-electron chi connectivity index (χ0n) is 17.7. The normalized spacial score (nSPS) is 12.5. The number of nitrogens with zero attached hydrogens (tertiary/aromatic N) is 1. The average molecular weight is 441 g/mol. The van der Waals surface area contributed by atoms with Crippen LogP contribution in [0.4, 0.5) is 5.00 Å². The largest absolute Gasteiger partial charge is 0.456 e. The van der Waals surface area contributed by atoms with Crippen molar-refractivity contribution in [2.75, 3.05) is 5.32 Å². The lowest BCUT2D eigenvalue weighted by molar-refractivity contribution is 0.102. The number of benzene rings is 2. The summed E-state index contributed by atoms with van der Waals surface area (Å²) in [5.41, 5.74) is 5.27. The first kappa shape index (κ1) is 20.2. The van der Waals surface area contributed by atoms with Crippen LogP contribution >= 0.6 is 11.3 Å². The van der Waals surface area contributed by atoms with E-state index in [1.807, 2.05) is 26.0 Å². The number of carbonyl (C=O) groups is 1. The topological polar surface area (TPSA) is 83.1 Å². The van der Waals surface area contributed by atoms with Gasteiger partial charge in [0, 0.05) is 22.1 Å². The Morgan fingerprint density at radius 3 is 2.66 bits per heavy atom. The second-order valence-corrected chi connectivity index (χ2v) is 9.24. The molecule has 0 radical (unpaired) electrons. The molecule has 6 heteroatoms. The molecule has 32 heavy (non-hydrogen) atoms. The summed E-state index contributed by atoms with van der Waals surface area (Å²) < 4.78 is 6.04. The molecule has 5 nitrogen and oxygen atoms in total. The van der Waals surface area contributed by atoms with Crippen molar-refractivity contribution >= 4 is 33.2 Å². The number of nitriles is 1. The highest BCUT2D eigenvalue weighted by molar-refractivity contribution is 7.16. The zero-order chi connectivity index (χ0) is 22.4. The Morgan fingerprint density at radius 2 is 1.91 bits per heavy atom. The van der Waals surface area contributed by atoms with E-state index >= 15 is 0 Å². The van der Waals surface area contributed by atoms with Crippen LogP contribution in [0, 0.1) is 25.2 Å². The van der Waals surface area contributed by atoms with Crippen molar-refractivity contribution in [2.45, 2.75) is 33.1 Å². The predicted octanol–water partition coefficient (Wildman–Crippen LogP) is 5.75. The SMILES string of the molecule is Cc1cc(C)c2oc(-c3ccc(C(=O)Nc4sc5c(c4C#N)CCC5)cc3)cc(=O)c2c1. The molecule has 1 N–H and O–H groups in total. The van der Waals surface area contributed by atoms with Crippen LogP contribution in [0.25, 0.3) is 22.3 Å². The summed E-state index contributed by atoms with van der Waals surface area (Å²) in [6.45, 7) is 3.87. The fourth-order valence-electron chi connectivity index (χ4n) is 4.32. The molecule has 2 aromatic heterocycles. The average Bonchev–Trinajstić information content (AvgIpc) is 3.35. The van der Waals surface area contributed by atoms with Gasteiger partial charge in [0.25, 0.3) is 5.91 Å². The van der Waals surface area contributed by atoms with Crippen LogP contribution in [0.3, 0.4) is 0 Å². The highest BCUT2D eigenvalue weighted by Gasteiger charge is 2.23. The third kappa shape index (κ3) is 3.41. The number of thiophene rings is 1. The van der Waals surface area contributed by atoms with E-state index in [4.69, 9.17) is 4.42 Å². The van der Waals surface area contributed by atoms with E-state index in [0.29, 0.717) is 38.4 Å². The van der Waals surface area contributed by atoms with Gasteiger partial charge in [-0.05, 0) is 68.0 Å². The molecule has 0 saturated heterocycles. The van der Waals surface area contributed by atoms with Crippen LogP contribution in [0.15, 0.2) is 51.7 Å². The Hall–Kier alpha value is -3.69. The van der Waals surface area contributed by atoms with E-state index in [-0.39, 0.29) is 11.3 Å². The van der Waals surface area contributed by atoms with Gasteiger partial charge >= 0.3 is 0 Å². The van der Waals surface area contributed by atoms with Gasteiger partial charge in [-0.2, -0.15) is 5.26 Å². The molecular weight excluding hydrogens is 420 g/mol. The molecule has 0 spiro atoms. The Bertz CT molecular complexity index is 1490. The number of aryl methyl sites for hydroxylation is 3. The minimum atomic E-state index is -0.265. The smallest absolute Gasteiger partial charge is 0.256 e. The van der Waals surface area contributed by atoms with Crippen LogP contribution in [-0.4, -0.2) is 5.91 Å². The third-order valence-corrected chi connectivity index (χ3v) is 7.06. The van der Waals surface area contributed by atoms with Crippen molar-refractivity contribution in [2.24, 2.45) is 0 Å². The van der Waals surface area contributed by atoms with Gasteiger partial charge in [-0.25, -0.2) is 0 Å². The highest BCUT2D eigenvalue weighted by Crippen LogP contribution is 2.38. The molecule has 1 amide bonds. The van der Waals surface area contributed by atoms with Crippen molar-refractivity contribution in [3.63, 3.8) is 0 Å². The molecule has 4 aromatic rings.